The Bertz CT molecular complexity index is 805. The van der Waals surface area contributed by atoms with Crippen LogP contribution in [0.5, 0.6) is 0 Å². The highest BCUT2D eigenvalue weighted by molar-refractivity contribution is 7.88. The fourth-order valence-corrected chi connectivity index (χ4v) is 3.12. The number of carbonyl (C=O) groups excluding carboxylic acids is 1. The minimum absolute atomic E-state index is 0.0958. The zero-order chi connectivity index (χ0) is 18.3. The van der Waals surface area contributed by atoms with Crippen molar-refractivity contribution in [2.24, 2.45) is 0 Å². The second-order valence-electron chi connectivity index (χ2n) is 5.65. The number of carbonyl (C=O) groups is 1. The van der Waals surface area contributed by atoms with Gasteiger partial charge in [-0.3, -0.25) is 4.79 Å². The molecule has 0 N–H and O–H groups in total. The highest BCUT2D eigenvalue weighted by atomic mass is 32.2. The molecule has 0 aliphatic heterocycles. The van der Waals surface area contributed by atoms with Crippen LogP contribution in [0.4, 0.5) is 5.69 Å². The standard InChI is InChI=1S/C19H22N2O3S/c1-3-14-20(25(2,23)24)16-19(22)21(18-12-8-5-9-13-18)15-17-10-6-4-7-11-17/h3-13H,1,14-16H2,2H3. The Kier molecular flexibility index (Phi) is 6.50. The zero-order valence-electron chi connectivity index (χ0n) is 14.2. The Labute approximate surface area is 149 Å². The first kappa shape index (κ1) is 18.9. The Balaban J connectivity index is 2.28. The lowest BCUT2D eigenvalue weighted by Crippen LogP contribution is -2.42. The first-order valence-corrected chi connectivity index (χ1v) is 9.72. The van der Waals surface area contributed by atoms with Crippen molar-refractivity contribution in [2.45, 2.75) is 6.54 Å². The first-order valence-electron chi connectivity index (χ1n) is 7.87. The van der Waals surface area contributed by atoms with E-state index < -0.39 is 10.0 Å². The highest BCUT2D eigenvalue weighted by Gasteiger charge is 2.23. The quantitative estimate of drug-likeness (QED) is 0.682. The van der Waals surface area contributed by atoms with Crippen molar-refractivity contribution >= 4 is 21.6 Å². The summed E-state index contributed by atoms with van der Waals surface area (Å²) in [5.74, 6) is -0.290. The van der Waals surface area contributed by atoms with Gasteiger partial charge >= 0.3 is 0 Å². The van der Waals surface area contributed by atoms with Gasteiger partial charge in [-0.05, 0) is 17.7 Å². The third-order valence-corrected chi connectivity index (χ3v) is 4.88. The monoisotopic (exact) mass is 358 g/mol. The maximum atomic E-state index is 12.9. The van der Waals surface area contributed by atoms with Crippen LogP contribution in [0, 0.1) is 0 Å². The topological polar surface area (TPSA) is 57.7 Å². The summed E-state index contributed by atoms with van der Waals surface area (Å²) < 4.78 is 24.9. The molecule has 5 nitrogen and oxygen atoms in total. The van der Waals surface area contributed by atoms with Crippen molar-refractivity contribution in [1.82, 2.24) is 4.31 Å². The molecule has 0 aliphatic rings. The molecule has 0 bridgehead atoms. The van der Waals surface area contributed by atoms with Crippen molar-refractivity contribution < 1.29 is 13.2 Å². The molecule has 0 spiro atoms. The van der Waals surface area contributed by atoms with Crippen molar-refractivity contribution in [3.63, 3.8) is 0 Å². The average molecular weight is 358 g/mol. The van der Waals surface area contributed by atoms with E-state index >= 15 is 0 Å². The van der Waals surface area contributed by atoms with Crippen LogP contribution in [0.3, 0.4) is 0 Å². The number of anilines is 1. The van der Waals surface area contributed by atoms with Gasteiger partial charge in [0, 0.05) is 12.2 Å². The summed E-state index contributed by atoms with van der Waals surface area (Å²) in [5, 5.41) is 0. The minimum atomic E-state index is -3.50. The van der Waals surface area contributed by atoms with Crippen LogP contribution >= 0.6 is 0 Å². The summed E-state index contributed by atoms with van der Waals surface area (Å²) in [6.45, 7) is 3.80. The summed E-state index contributed by atoms with van der Waals surface area (Å²) >= 11 is 0. The Morgan fingerprint density at radius 3 is 2.12 bits per heavy atom. The first-order chi connectivity index (χ1) is 11.9. The molecule has 25 heavy (non-hydrogen) atoms. The maximum absolute atomic E-state index is 12.9. The van der Waals surface area contributed by atoms with Crippen molar-refractivity contribution in [1.29, 1.82) is 0 Å². The SMILES string of the molecule is C=CCN(CC(=O)N(Cc1ccccc1)c1ccccc1)S(C)(=O)=O. The van der Waals surface area contributed by atoms with Gasteiger partial charge in [0.25, 0.3) is 0 Å². The summed E-state index contributed by atoms with van der Waals surface area (Å²) in [7, 11) is -3.50. The van der Waals surface area contributed by atoms with E-state index in [0.29, 0.717) is 6.54 Å². The summed E-state index contributed by atoms with van der Waals surface area (Å²) in [4.78, 5) is 14.5. The van der Waals surface area contributed by atoms with E-state index in [2.05, 4.69) is 6.58 Å². The van der Waals surface area contributed by atoms with E-state index in [1.54, 1.807) is 4.90 Å². The Hall–Kier alpha value is -2.44. The van der Waals surface area contributed by atoms with E-state index in [1.807, 2.05) is 60.7 Å². The number of benzene rings is 2. The third-order valence-electron chi connectivity index (χ3n) is 3.67. The van der Waals surface area contributed by atoms with Gasteiger partial charge in [0.15, 0.2) is 0 Å². The minimum Gasteiger partial charge on any atom is -0.307 e. The van der Waals surface area contributed by atoms with Crippen molar-refractivity contribution in [3.05, 3.63) is 78.9 Å². The van der Waals surface area contributed by atoms with Crippen LogP contribution in [0.15, 0.2) is 73.3 Å². The number of amides is 1. The molecule has 6 heteroatoms. The predicted octanol–water partition coefficient (Wildman–Crippen LogP) is 2.67. The van der Waals surface area contributed by atoms with Gasteiger partial charge in [-0.1, -0.05) is 54.6 Å². The lowest BCUT2D eigenvalue weighted by molar-refractivity contribution is -0.118. The lowest BCUT2D eigenvalue weighted by Gasteiger charge is -2.26. The maximum Gasteiger partial charge on any atom is 0.242 e. The molecule has 0 unspecified atom stereocenters. The predicted molar refractivity (Wildman–Crippen MR) is 101 cm³/mol. The molecule has 0 radical (unpaired) electrons. The lowest BCUT2D eigenvalue weighted by atomic mass is 10.2. The van der Waals surface area contributed by atoms with Gasteiger partial charge in [-0.25, -0.2) is 8.42 Å². The average Bonchev–Trinajstić information content (AvgIpc) is 2.60. The smallest absolute Gasteiger partial charge is 0.242 e. The fourth-order valence-electron chi connectivity index (χ4n) is 2.39. The normalized spacial score (nSPS) is 11.3. The molecule has 0 saturated heterocycles. The molecule has 0 aliphatic carbocycles. The second kappa shape index (κ2) is 8.60. The van der Waals surface area contributed by atoms with Gasteiger partial charge in [0.05, 0.1) is 19.3 Å². The molecule has 2 aromatic carbocycles. The van der Waals surface area contributed by atoms with Crippen molar-refractivity contribution in [2.75, 3.05) is 24.2 Å². The van der Waals surface area contributed by atoms with Crippen LogP contribution in [0.25, 0.3) is 0 Å². The molecule has 1 amide bonds. The molecule has 2 aromatic rings. The molecule has 0 saturated carbocycles. The number of hydrogen-bond donors (Lipinski definition) is 0. The Morgan fingerprint density at radius 2 is 1.60 bits per heavy atom. The van der Waals surface area contributed by atoms with Gasteiger partial charge in [0.2, 0.25) is 15.9 Å². The zero-order valence-corrected chi connectivity index (χ0v) is 15.0. The molecular weight excluding hydrogens is 336 g/mol. The van der Waals surface area contributed by atoms with Gasteiger partial charge in [-0.2, -0.15) is 4.31 Å². The molecule has 0 heterocycles. The Morgan fingerprint density at radius 1 is 1.04 bits per heavy atom. The van der Waals surface area contributed by atoms with Gasteiger partial charge in [-0.15, -0.1) is 6.58 Å². The van der Waals surface area contributed by atoms with E-state index in [1.165, 1.54) is 6.08 Å². The van der Waals surface area contributed by atoms with Crippen LogP contribution < -0.4 is 4.90 Å². The van der Waals surface area contributed by atoms with E-state index in [9.17, 15) is 13.2 Å². The molecular formula is C19H22N2O3S. The van der Waals surface area contributed by atoms with Crippen LogP contribution in [-0.2, 0) is 21.4 Å². The summed E-state index contributed by atoms with van der Waals surface area (Å²) in [5.41, 5.74) is 1.69. The van der Waals surface area contributed by atoms with Crippen LogP contribution in [0.2, 0.25) is 0 Å². The number of para-hydroxylation sites is 1. The summed E-state index contributed by atoms with van der Waals surface area (Å²) in [6.07, 6.45) is 2.56. The molecule has 132 valence electrons. The second-order valence-corrected chi connectivity index (χ2v) is 7.63. The van der Waals surface area contributed by atoms with E-state index in [-0.39, 0.29) is 19.0 Å². The number of sulfonamides is 1. The largest absolute Gasteiger partial charge is 0.307 e. The van der Waals surface area contributed by atoms with Gasteiger partial charge < -0.3 is 4.90 Å². The third kappa shape index (κ3) is 5.55. The fraction of sp³-hybridized carbons (Fsp3) is 0.211. The number of rotatable bonds is 8. The summed E-state index contributed by atoms with van der Waals surface area (Å²) in [6, 6.07) is 18.8. The van der Waals surface area contributed by atoms with E-state index in [4.69, 9.17) is 0 Å². The van der Waals surface area contributed by atoms with E-state index in [0.717, 1.165) is 21.8 Å². The van der Waals surface area contributed by atoms with Crippen LogP contribution in [-0.4, -0.2) is 38.0 Å². The highest BCUT2D eigenvalue weighted by Crippen LogP contribution is 2.18. The van der Waals surface area contributed by atoms with Gasteiger partial charge in [0.1, 0.15) is 0 Å². The van der Waals surface area contributed by atoms with Crippen LogP contribution in [0.1, 0.15) is 5.56 Å². The van der Waals surface area contributed by atoms with Crippen molar-refractivity contribution in [3.8, 4) is 0 Å². The molecule has 0 fully saturated rings. The number of hydrogen-bond acceptors (Lipinski definition) is 3. The molecule has 0 atom stereocenters. The number of nitrogens with zero attached hydrogens (tertiary/aromatic N) is 2. The molecule has 2 rings (SSSR count). The molecule has 0 aromatic heterocycles.